The van der Waals surface area contributed by atoms with E-state index in [0.717, 1.165) is 22.7 Å². The molecule has 2 aromatic carbocycles. The molecule has 0 amide bonds. The molecule has 118 valence electrons. The van der Waals surface area contributed by atoms with Crippen molar-refractivity contribution in [1.29, 1.82) is 0 Å². The first-order valence-corrected chi connectivity index (χ1v) is 7.78. The van der Waals surface area contributed by atoms with Crippen LogP contribution >= 0.6 is 0 Å². The lowest BCUT2D eigenvalue weighted by Crippen LogP contribution is -2.23. The number of hydrogen-bond donors (Lipinski definition) is 1. The van der Waals surface area contributed by atoms with Crippen LogP contribution in [-0.4, -0.2) is 18.8 Å². The third-order valence-electron chi connectivity index (χ3n) is 3.25. The predicted octanol–water partition coefficient (Wildman–Crippen LogP) is 4.66. The highest BCUT2D eigenvalue weighted by Gasteiger charge is 2.09. The van der Waals surface area contributed by atoms with Gasteiger partial charge in [-0.25, -0.2) is 0 Å². The van der Waals surface area contributed by atoms with E-state index in [9.17, 15) is 0 Å². The van der Waals surface area contributed by atoms with E-state index in [-0.39, 0.29) is 12.2 Å². The van der Waals surface area contributed by atoms with Gasteiger partial charge in [-0.3, -0.25) is 0 Å². The molecule has 0 aromatic heterocycles. The molecule has 0 saturated heterocycles. The van der Waals surface area contributed by atoms with E-state index in [1.54, 1.807) is 0 Å². The Morgan fingerprint density at radius 1 is 0.864 bits per heavy atom. The van der Waals surface area contributed by atoms with Gasteiger partial charge in [0.15, 0.2) is 0 Å². The molecule has 0 heterocycles. The molecule has 0 spiro atoms. The van der Waals surface area contributed by atoms with Gasteiger partial charge >= 0.3 is 0 Å². The largest absolute Gasteiger partial charge is 0.489 e. The Hall–Kier alpha value is -2.16. The van der Waals surface area contributed by atoms with Crippen molar-refractivity contribution in [3.63, 3.8) is 0 Å². The van der Waals surface area contributed by atoms with Crippen LogP contribution in [0.4, 0.5) is 5.69 Å². The van der Waals surface area contributed by atoms with Gasteiger partial charge in [0.1, 0.15) is 17.6 Å². The van der Waals surface area contributed by atoms with Gasteiger partial charge in [0.25, 0.3) is 0 Å². The van der Waals surface area contributed by atoms with Gasteiger partial charge in [0.2, 0.25) is 0 Å². The van der Waals surface area contributed by atoms with Crippen LogP contribution in [0.3, 0.4) is 0 Å². The van der Waals surface area contributed by atoms with Crippen LogP contribution in [0.1, 0.15) is 26.3 Å². The molecule has 0 saturated carbocycles. The Morgan fingerprint density at radius 2 is 1.50 bits per heavy atom. The fourth-order valence-electron chi connectivity index (χ4n) is 2.17. The summed E-state index contributed by atoms with van der Waals surface area (Å²) in [7, 11) is 0. The molecular formula is C19H25NO2. The number of hydrogen-bond acceptors (Lipinski definition) is 3. The van der Waals surface area contributed by atoms with E-state index in [1.165, 1.54) is 0 Å². The molecule has 1 atom stereocenters. The lowest BCUT2D eigenvalue weighted by molar-refractivity contribution is 0.231. The number of aryl methyl sites for hydroxylation is 1. The Kier molecular flexibility index (Phi) is 5.70. The van der Waals surface area contributed by atoms with Gasteiger partial charge in [0, 0.05) is 0 Å². The van der Waals surface area contributed by atoms with E-state index in [4.69, 9.17) is 9.47 Å². The van der Waals surface area contributed by atoms with Crippen molar-refractivity contribution < 1.29 is 9.47 Å². The molecule has 2 aromatic rings. The maximum Gasteiger partial charge on any atom is 0.142 e. The SMILES string of the molecule is Cc1ccccc1OC(C)CNc1ccccc1OC(C)C. The van der Waals surface area contributed by atoms with Crippen molar-refractivity contribution in [1.82, 2.24) is 0 Å². The van der Waals surface area contributed by atoms with Gasteiger partial charge in [-0.15, -0.1) is 0 Å². The number of para-hydroxylation sites is 3. The topological polar surface area (TPSA) is 30.5 Å². The van der Waals surface area contributed by atoms with Gasteiger partial charge in [-0.2, -0.15) is 0 Å². The van der Waals surface area contributed by atoms with Crippen molar-refractivity contribution in [2.24, 2.45) is 0 Å². The number of ether oxygens (including phenoxy) is 2. The minimum atomic E-state index is 0.0632. The van der Waals surface area contributed by atoms with Crippen LogP contribution in [0.5, 0.6) is 11.5 Å². The third-order valence-corrected chi connectivity index (χ3v) is 3.25. The zero-order chi connectivity index (χ0) is 15.9. The molecule has 3 nitrogen and oxygen atoms in total. The molecule has 1 unspecified atom stereocenters. The summed E-state index contributed by atoms with van der Waals surface area (Å²) in [4.78, 5) is 0. The van der Waals surface area contributed by atoms with E-state index in [0.29, 0.717) is 6.54 Å². The van der Waals surface area contributed by atoms with Crippen molar-refractivity contribution in [3.05, 3.63) is 54.1 Å². The number of benzene rings is 2. The summed E-state index contributed by atoms with van der Waals surface area (Å²) in [6, 6.07) is 16.1. The van der Waals surface area contributed by atoms with Crippen LogP contribution in [0.25, 0.3) is 0 Å². The summed E-state index contributed by atoms with van der Waals surface area (Å²) in [5.41, 5.74) is 2.15. The van der Waals surface area contributed by atoms with Gasteiger partial charge in [0.05, 0.1) is 18.3 Å². The Balaban J connectivity index is 1.94. The summed E-state index contributed by atoms with van der Waals surface area (Å²) in [6.45, 7) is 8.89. The van der Waals surface area contributed by atoms with E-state index in [1.807, 2.05) is 56.3 Å². The minimum absolute atomic E-state index is 0.0632. The van der Waals surface area contributed by atoms with Gasteiger partial charge in [-0.05, 0) is 51.5 Å². The number of rotatable bonds is 7. The molecule has 0 aliphatic rings. The summed E-state index contributed by atoms with van der Waals surface area (Å²) >= 11 is 0. The second-order valence-corrected chi connectivity index (χ2v) is 5.74. The normalized spacial score (nSPS) is 12.0. The summed E-state index contributed by atoms with van der Waals surface area (Å²) in [6.07, 6.45) is 0.219. The maximum absolute atomic E-state index is 5.98. The molecule has 0 aliphatic heterocycles. The molecule has 0 aliphatic carbocycles. The highest BCUT2D eigenvalue weighted by Crippen LogP contribution is 2.25. The average Bonchev–Trinajstić information content (AvgIpc) is 2.48. The molecule has 0 bridgehead atoms. The summed E-state index contributed by atoms with van der Waals surface area (Å²) in [5, 5.41) is 3.41. The number of nitrogens with one attached hydrogen (secondary N) is 1. The highest BCUT2D eigenvalue weighted by molar-refractivity contribution is 5.56. The quantitative estimate of drug-likeness (QED) is 0.806. The molecule has 3 heteroatoms. The number of anilines is 1. The van der Waals surface area contributed by atoms with Crippen LogP contribution in [0, 0.1) is 6.92 Å². The van der Waals surface area contributed by atoms with Crippen molar-refractivity contribution in [2.45, 2.75) is 39.9 Å². The molecule has 1 N–H and O–H groups in total. The minimum Gasteiger partial charge on any atom is -0.489 e. The molecule has 2 rings (SSSR count). The fourth-order valence-corrected chi connectivity index (χ4v) is 2.17. The van der Waals surface area contributed by atoms with Crippen LogP contribution in [-0.2, 0) is 0 Å². The Morgan fingerprint density at radius 3 is 2.18 bits per heavy atom. The first kappa shape index (κ1) is 16.2. The zero-order valence-electron chi connectivity index (χ0n) is 13.8. The monoisotopic (exact) mass is 299 g/mol. The van der Waals surface area contributed by atoms with Crippen LogP contribution < -0.4 is 14.8 Å². The molecule has 0 radical (unpaired) electrons. The summed E-state index contributed by atoms with van der Waals surface area (Å²) < 4.78 is 11.8. The van der Waals surface area contributed by atoms with Crippen LogP contribution in [0.15, 0.2) is 48.5 Å². The summed E-state index contributed by atoms with van der Waals surface area (Å²) in [5.74, 6) is 1.81. The zero-order valence-corrected chi connectivity index (χ0v) is 13.8. The Bertz CT molecular complexity index is 595. The second kappa shape index (κ2) is 7.74. The van der Waals surface area contributed by atoms with Crippen molar-refractivity contribution >= 4 is 5.69 Å². The van der Waals surface area contributed by atoms with Crippen molar-refractivity contribution in [3.8, 4) is 11.5 Å². The average molecular weight is 299 g/mol. The maximum atomic E-state index is 5.98. The first-order chi connectivity index (χ1) is 10.6. The predicted molar refractivity (Wildman–Crippen MR) is 92.0 cm³/mol. The Labute approximate surface area is 133 Å². The molecular weight excluding hydrogens is 274 g/mol. The van der Waals surface area contributed by atoms with E-state index >= 15 is 0 Å². The van der Waals surface area contributed by atoms with Gasteiger partial charge < -0.3 is 14.8 Å². The first-order valence-electron chi connectivity index (χ1n) is 7.78. The van der Waals surface area contributed by atoms with Crippen molar-refractivity contribution in [2.75, 3.05) is 11.9 Å². The molecule has 22 heavy (non-hydrogen) atoms. The fraction of sp³-hybridized carbons (Fsp3) is 0.368. The highest BCUT2D eigenvalue weighted by atomic mass is 16.5. The smallest absolute Gasteiger partial charge is 0.142 e. The lowest BCUT2D eigenvalue weighted by atomic mass is 10.2. The molecule has 0 fully saturated rings. The third kappa shape index (κ3) is 4.69. The van der Waals surface area contributed by atoms with Gasteiger partial charge in [-0.1, -0.05) is 30.3 Å². The second-order valence-electron chi connectivity index (χ2n) is 5.74. The lowest BCUT2D eigenvalue weighted by Gasteiger charge is -2.19. The standard InChI is InChI=1S/C19H25NO2/c1-14(2)21-19-12-8-6-10-17(19)20-13-16(4)22-18-11-7-5-9-15(18)3/h5-12,14,16,20H,13H2,1-4H3. The van der Waals surface area contributed by atoms with E-state index in [2.05, 4.69) is 25.2 Å². The van der Waals surface area contributed by atoms with E-state index < -0.39 is 0 Å². The van der Waals surface area contributed by atoms with Crippen LogP contribution in [0.2, 0.25) is 0 Å².